The predicted molar refractivity (Wildman–Crippen MR) is 159 cm³/mol. The Hall–Kier alpha value is -4.74. The molecule has 3 amide bonds. The lowest BCUT2D eigenvalue weighted by atomic mass is 9.82. The summed E-state index contributed by atoms with van der Waals surface area (Å²) in [6.07, 6.45) is 6.14. The molecule has 16 nitrogen and oxygen atoms in total. The van der Waals surface area contributed by atoms with Gasteiger partial charge in [0.2, 0.25) is 12.3 Å². The van der Waals surface area contributed by atoms with Crippen LogP contribution < -0.4 is 16.0 Å². The van der Waals surface area contributed by atoms with Gasteiger partial charge in [0.05, 0.1) is 16.8 Å². The first-order chi connectivity index (χ1) is 21.5. The molecular formula is C27H29ClN8O8S. The predicted octanol–water partition coefficient (Wildman–Crippen LogP) is 1.46. The van der Waals surface area contributed by atoms with Crippen LogP contribution in [0.25, 0.3) is 0 Å². The standard InChI is InChI=1S/C23H25ClN8O4S.C4H4O4/c1-32-7-6-15-17(10-32)37-23(29-15)21(35)28-16-8-12(22-31-26-11-36-22)2-4-14(16)27-19(33)20(34)30-18-5-3-13(24)9-25-18;5-3(6)1-2-4(7)8/h3,5,9,11-12,14,16H,2,4,6-8,10H2,1H3,(H,27,33)(H,28,35)(H,25,30,34);1-2H,(H,5,6)(H,7,8)/b;2-1-/t12-,14-,16+;/m0./s1. The smallest absolute Gasteiger partial charge is 0.328 e. The number of thiazole rings is 1. The SMILES string of the molecule is CN1CCc2nc(C(=O)N[C@@H]3C[C@@H](c4nnco4)CC[C@@H]3NC(=O)C(=O)Nc3ccc(Cl)cn3)sc2C1.O=C(O)/C=C\C(=O)O. The highest BCUT2D eigenvalue weighted by molar-refractivity contribution is 7.13. The molecule has 0 spiro atoms. The molecule has 0 radical (unpaired) electrons. The largest absolute Gasteiger partial charge is 0.478 e. The number of hydrogen-bond donors (Lipinski definition) is 5. The summed E-state index contributed by atoms with van der Waals surface area (Å²) in [7, 11) is 2.04. The topological polar surface area (TPSA) is 230 Å². The average Bonchev–Trinajstić information content (AvgIpc) is 3.69. The second-order valence-electron chi connectivity index (χ2n) is 10.1. The van der Waals surface area contributed by atoms with Crippen LogP contribution in [-0.4, -0.2) is 90.6 Å². The molecular weight excluding hydrogens is 632 g/mol. The Morgan fingerprint density at radius 1 is 1.07 bits per heavy atom. The maximum absolute atomic E-state index is 13.2. The lowest BCUT2D eigenvalue weighted by molar-refractivity contribution is -0.136. The minimum atomic E-state index is -1.26. The van der Waals surface area contributed by atoms with Crippen molar-refractivity contribution in [3.63, 3.8) is 0 Å². The highest BCUT2D eigenvalue weighted by Gasteiger charge is 2.37. The molecule has 45 heavy (non-hydrogen) atoms. The number of aromatic nitrogens is 4. The van der Waals surface area contributed by atoms with E-state index in [1.165, 1.54) is 30.0 Å². The molecule has 1 aliphatic heterocycles. The van der Waals surface area contributed by atoms with Crippen molar-refractivity contribution < 1.29 is 38.6 Å². The maximum Gasteiger partial charge on any atom is 0.328 e. The van der Waals surface area contributed by atoms with Gasteiger partial charge >= 0.3 is 23.8 Å². The maximum atomic E-state index is 13.2. The molecule has 3 atom stereocenters. The number of amides is 3. The summed E-state index contributed by atoms with van der Waals surface area (Å²) in [5.41, 5.74) is 0.956. The number of nitrogens with zero attached hydrogens (tertiary/aromatic N) is 5. The third-order valence-corrected chi connectivity index (χ3v) is 8.17. The highest BCUT2D eigenvalue weighted by Crippen LogP contribution is 2.33. The van der Waals surface area contributed by atoms with E-state index in [1.54, 1.807) is 6.07 Å². The van der Waals surface area contributed by atoms with Crippen molar-refractivity contribution in [1.82, 2.24) is 35.7 Å². The Bertz CT molecular complexity index is 1550. The van der Waals surface area contributed by atoms with Crippen LogP contribution in [-0.2, 0) is 32.1 Å². The molecule has 2 aliphatic rings. The number of aliphatic carboxylic acids is 2. The Kier molecular flexibility index (Phi) is 11.3. The van der Waals surface area contributed by atoms with E-state index >= 15 is 0 Å². The number of anilines is 1. The lowest BCUT2D eigenvalue weighted by Crippen LogP contribution is -2.56. The van der Waals surface area contributed by atoms with Crippen molar-refractivity contribution >= 4 is 58.4 Å². The normalized spacial score (nSPS) is 19.5. The summed E-state index contributed by atoms with van der Waals surface area (Å²) in [5.74, 6) is -3.94. The minimum absolute atomic E-state index is 0.0915. The van der Waals surface area contributed by atoms with Crippen LogP contribution in [0.3, 0.4) is 0 Å². The van der Waals surface area contributed by atoms with Gasteiger partial charge in [0.25, 0.3) is 5.91 Å². The molecule has 18 heteroatoms. The van der Waals surface area contributed by atoms with Crippen molar-refractivity contribution in [1.29, 1.82) is 0 Å². The first kappa shape index (κ1) is 33.2. The number of likely N-dealkylation sites (N-methyl/N-ethyl adjacent to an activating group) is 1. The number of halogens is 1. The zero-order chi connectivity index (χ0) is 32.5. The molecule has 5 N–H and O–H groups in total. The van der Waals surface area contributed by atoms with Gasteiger partial charge in [-0.05, 0) is 38.4 Å². The molecule has 3 aromatic rings. The highest BCUT2D eigenvalue weighted by atomic mass is 35.5. The van der Waals surface area contributed by atoms with E-state index in [4.69, 9.17) is 26.2 Å². The fourth-order valence-corrected chi connectivity index (χ4v) is 5.94. The van der Waals surface area contributed by atoms with Gasteiger partial charge in [-0.1, -0.05) is 11.6 Å². The molecule has 238 valence electrons. The van der Waals surface area contributed by atoms with Gasteiger partial charge in [0, 0.05) is 54.7 Å². The van der Waals surface area contributed by atoms with Crippen LogP contribution >= 0.6 is 22.9 Å². The Morgan fingerprint density at radius 3 is 2.47 bits per heavy atom. The van der Waals surface area contributed by atoms with Gasteiger partial charge < -0.3 is 35.5 Å². The van der Waals surface area contributed by atoms with Gasteiger partial charge in [-0.2, -0.15) is 0 Å². The summed E-state index contributed by atoms with van der Waals surface area (Å²) < 4.78 is 5.39. The number of carboxylic acids is 2. The Morgan fingerprint density at radius 2 is 1.82 bits per heavy atom. The number of fused-ring (bicyclic) bond motifs is 1. The van der Waals surface area contributed by atoms with Crippen molar-refractivity contribution in [2.45, 2.75) is 50.2 Å². The average molecular weight is 661 g/mol. The van der Waals surface area contributed by atoms with Crippen LogP contribution in [0.2, 0.25) is 5.02 Å². The van der Waals surface area contributed by atoms with Gasteiger partial charge in [0.15, 0.2) is 5.01 Å². The molecule has 0 aromatic carbocycles. The van der Waals surface area contributed by atoms with Crippen LogP contribution in [0.5, 0.6) is 0 Å². The van der Waals surface area contributed by atoms with Gasteiger partial charge in [0.1, 0.15) is 5.82 Å². The van der Waals surface area contributed by atoms with E-state index in [9.17, 15) is 24.0 Å². The van der Waals surface area contributed by atoms with Crippen molar-refractivity contribution in [2.75, 3.05) is 18.9 Å². The zero-order valence-electron chi connectivity index (χ0n) is 23.8. The Balaban J connectivity index is 0.000000510. The molecule has 4 heterocycles. The minimum Gasteiger partial charge on any atom is -0.478 e. The van der Waals surface area contributed by atoms with Crippen molar-refractivity contribution in [2.24, 2.45) is 0 Å². The number of pyridine rings is 1. The zero-order valence-corrected chi connectivity index (χ0v) is 25.4. The summed E-state index contributed by atoms with van der Waals surface area (Å²) >= 11 is 7.20. The van der Waals surface area contributed by atoms with Crippen molar-refractivity contribution in [3.05, 3.63) is 63.4 Å². The van der Waals surface area contributed by atoms with Gasteiger partial charge in [-0.25, -0.2) is 19.6 Å². The van der Waals surface area contributed by atoms with Crippen LogP contribution in [0.4, 0.5) is 5.82 Å². The second-order valence-corrected chi connectivity index (χ2v) is 11.7. The van der Waals surface area contributed by atoms with Gasteiger partial charge in [-0.15, -0.1) is 21.5 Å². The number of carboxylic acid groups (broad SMARTS) is 2. The fourth-order valence-electron chi connectivity index (χ4n) is 4.74. The summed E-state index contributed by atoms with van der Waals surface area (Å²) in [4.78, 5) is 69.3. The van der Waals surface area contributed by atoms with Crippen molar-refractivity contribution in [3.8, 4) is 0 Å². The molecule has 0 bridgehead atoms. The van der Waals surface area contributed by atoms with E-state index in [0.717, 1.165) is 30.1 Å². The first-order valence-corrected chi connectivity index (χ1v) is 14.8. The monoisotopic (exact) mass is 660 g/mol. The van der Waals surface area contributed by atoms with Crippen LogP contribution in [0, 0.1) is 0 Å². The van der Waals surface area contributed by atoms with E-state index in [1.807, 2.05) is 7.05 Å². The fraction of sp³-hybridized carbons (Fsp3) is 0.370. The summed E-state index contributed by atoms with van der Waals surface area (Å²) in [6.45, 7) is 1.66. The van der Waals surface area contributed by atoms with E-state index in [2.05, 4.69) is 41.0 Å². The molecule has 1 fully saturated rings. The van der Waals surface area contributed by atoms with E-state index in [-0.39, 0.29) is 17.6 Å². The van der Waals surface area contributed by atoms with Crippen LogP contribution in [0.1, 0.15) is 51.4 Å². The second kappa shape index (κ2) is 15.3. The van der Waals surface area contributed by atoms with E-state index in [0.29, 0.717) is 47.3 Å². The van der Waals surface area contributed by atoms with E-state index < -0.39 is 35.8 Å². The molecule has 5 rings (SSSR count). The van der Waals surface area contributed by atoms with Crippen LogP contribution in [0.15, 0.2) is 41.3 Å². The first-order valence-electron chi connectivity index (χ1n) is 13.6. The molecule has 1 aliphatic carbocycles. The number of carbonyl (C=O) groups excluding carboxylic acids is 3. The quantitative estimate of drug-likeness (QED) is 0.179. The van der Waals surface area contributed by atoms with Gasteiger partial charge in [-0.3, -0.25) is 14.4 Å². The molecule has 3 aromatic heterocycles. The summed E-state index contributed by atoms with van der Waals surface area (Å²) in [6, 6.07) is 2.09. The summed E-state index contributed by atoms with van der Waals surface area (Å²) in [5, 5.41) is 32.4. The Labute approximate surface area is 264 Å². The third-order valence-electron chi connectivity index (χ3n) is 6.87. The molecule has 1 saturated carbocycles. The number of nitrogens with one attached hydrogen (secondary N) is 3. The number of hydrogen-bond acceptors (Lipinski definition) is 12. The molecule has 0 saturated heterocycles. The lowest BCUT2D eigenvalue weighted by Gasteiger charge is -2.35. The molecule has 0 unspecified atom stereocenters. The third kappa shape index (κ3) is 9.62. The number of rotatable bonds is 7. The number of carbonyl (C=O) groups is 5.